The van der Waals surface area contributed by atoms with Gasteiger partial charge in [-0.2, -0.15) is 0 Å². The highest BCUT2D eigenvalue weighted by atomic mass is 16.5. The SMILES string of the molecule is CN1CCO[C@H](CN(Cc2ccncc2)CC2CC2)C1. The number of pyridine rings is 1. The van der Waals surface area contributed by atoms with Gasteiger partial charge in [0, 0.05) is 45.1 Å². The van der Waals surface area contributed by atoms with Crippen molar-refractivity contribution in [2.75, 3.05) is 39.8 Å². The molecule has 0 unspecified atom stereocenters. The van der Waals surface area contributed by atoms with Gasteiger partial charge in [0.25, 0.3) is 0 Å². The van der Waals surface area contributed by atoms with E-state index in [0.29, 0.717) is 6.10 Å². The van der Waals surface area contributed by atoms with Crippen LogP contribution in [-0.2, 0) is 11.3 Å². The Morgan fingerprint density at radius 3 is 2.80 bits per heavy atom. The molecule has 4 nitrogen and oxygen atoms in total. The molecule has 0 radical (unpaired) electrons. The molecule has 110 valence electrons. The molecule has 2 aliphatic rings. The first-order valence-electron chi connectivity index (χ1n) is 7.71. The molecule has 1 aromatic heterocycles. The van der Waals surface area contributed by atoms with E-state index < -0.39 is 0 Å². The Bertz CT molecular complexity index is 407. The molecule has 1 aliphatic heterocycles. The third-order valence-corrected chi connectivity index (χ3v) is 4.17. The van der Waals surface area contributed by atoms with E-state index in [9.17, 15) is 0 Å². The number of rotatable bonds is 6. The lowest BCUT2D eigenvalue weighted by Gasteiger charge is -2.34. The molecule has 0 amide bonds. The maximum absolute atomic E-state index is 5.92. The Kier molecular flexibility index (Phi) is 4.65. The molecule has 20 heavy (non-hydrogen) atoms. The summed E-state index contributed by atoms with van der Waals surface area (Å²) in [5, 5.41) is 0. The van der Waals surface area contributed by atoms with E-state index in [-0.39, 0.29) is 0 Å². The van der Waals surface area contributed by atoms with Crippen molar-refractivity contribution in [2.24, 2.45) is 5.92 Å². The molecule has 4 heteroatoms. The highest BCUT2D eigenvalue weighted by Crippen LogP contribution is 2.30. The second-order valence-corrected chi connectivity index (χ2v) is 6.25. The van der Waals surface area contributed by atoms with Crippen LogP contribution in [0.3, 0.4) is 0 Å². The van der Waals surface area contributed by atoms with Crippen LogP contribution in [0.5, 0.6) is 0 Å². The van der Waals surface area contributed by atoms with Crippen LogP contribution in [0.15, 0.2) is 24.5 Å². The summed E-state index contributed by atoms with van der Waals surface area (Å²) in [4.78, 5) is 9.04. The molecule has 1 saturated carbocycles. The quantitative estimate of drug-likeness (QED) is 0.789. The lowest BCUT2D eigenvalue weighted by atomic mass is 10.2. The highest BCUT2D eigenvalue weighted by Gasteiger charge is 2.27. The van der Waals surface area contributed by atoms with Crippen LogP contribution in [0.2, 0.25) is 0 Å². The molecule has 0 spiro atoms. The van der Waals surface area contributed by atoms with Gasteiger partial charge >= 0.3 is 0 Å². The Morgan fingerprint density at radius 1 is 1.30 bits per heavy atom. The number of likely N-dealkylation sites (N-methyl/N-ethyl adjacent to an activating group) is 1. The van der Waals surface area contributed by atoms with Crippen LogP contribution < -0.4 is 0 Å². The minimum Gasteiger partial charge on any atom is -0.374 e. The fourth-order valence-electron chi connectivity index (χ4n) is 2.88. The second-order valence-electron chi connectivity index (χ2n) is 6.25. The van der Waals surface area contributed by atoms with E-state index >= 15 is 0 Å². The Hall–Kier alpha value is -0.970. The van der Waals surface area contributed by atoms with Crippen molar-refractivity contribution >= 4 is 0 Å². The van der Waals surface area contributed by atoms with Crippen molar-refractivity contribution in [3.8, 4) is 0 Å². The van der Waals surface area contributed by atoms with E-state index in [4.69, 9.17) is 4.74 Å². The number of hydrogen-bond acceptors (Lipinski definition) is 4. The molecule has 2 heterocycles. The third-order valence-electron chi connectivity index (χ3n) is 4.17. The Balaban J connectivity index is 1.57. The van der Waals surface area contributed by atoms with Crippen molar-refractivity contribution in [1.29, 1.82) is 0 Å². The minimum atomic E-state index is 0.356. The zero-order chi connectivity index (χ0) is 13.8. The van der Waals surface area contributed by atoms with Crippen LogP contribution in [0.4, 0.5) is 0 Å². The normalized spacial score (nSPS) is 24.2. The molecule has 1 aliphatic carbocycles. The fraction of sp³-hybridized carbons (Fsp3) is 0.688. The highest BCUT2D eigenvalue weighted by molar-refractivity contribution is 5.09. The zero-order valence-electron chi connectivity index (χ0n) is 12.4. The largest absolute Gasteiger partial charge is 0.374 e. The van der Waals surface area contributed by atoms with Gasteiger partial charge in [0.2, 0.25) is 0 Å². The van der Waals surface area contributed by atoms with Gasteiger partial charge in [-0.1, -0.05) is 0 Å². The van der Waals surface area contributed by atoms with Crippen molar-refractivity contribution in [2.45, 2.75) is 25.5 Å². The molecule has 3 rings (SSSR count). The van der Waals surface area contributed by atoms with Gasteiger partial charge in [0.1, 0.15) is 0 Å². The molecule has 0 N–H and O–H groups in total. The maximum atomic E-state index is 5.92. The molecule has 2 fully saturated rings. The third kappa shape index (κ3) is 4.27. The van der Waals surface area contributed by atoms with Gasteiger partial charge in [0.15, 0.2) is 0 Å². The van der Waals surface area contributed by atoms with Crippen molar-refractivity contribution < 1.29 is 4.74 Å². The fourth-order valence-corrected chi connectivity index (χ4v) is 2.88. The second kappa shape index (κ2) is 6.66. The summed E-state index contributed by atoms with van der Waals surface area (Å²) in [5.41, 5.74) is 1.35. The minimum absolute atomic E-state index is 0.356. The Morgan fingerprint density at radius 2 is 2.10 bits per heavy atom. The van der Waals surface area contributed by atoms with Gasteiger partial charge < -0.3 is 9.64 Å². The average Bonchev–Trinajstić information content (AvgIpc) is 3.24. The molecule has 1 atom stereocenters. The molecule has 1 aromatic rings. The number of morpholine rings is 1. The zero-order valence-corrected chi connectivity index (χ0v) is 12.4. The smallest absolute Gasteiger partial charge is 0.0829 e. The van der Waals surface area contributed by atoms with Crippen LogP contribution in [0.25, 0.3) is 0 Å². The van der Waals surface area contributed by atoms with Gasteiger partial charge in [-0.25, -0.2) is 0 Å². The summed E-state index contributed by atoms with van der Waals surface area (Å²) < 4.78 is 5.92. The van der Waals surface area contributed by atoms with Gasteiger partial charge in [-0.15, -0.1) is 0 Å². The summed E-state index contributed by atoms with van der Waals surface area (Å²) in [6.45, 7) is 6.26. The van der Waals surface area contributed by atoms with Gasteiger partial charge in [-0.05, 0) is 43.5 Å². The van der Waals surface area contributed by atoms with E-state index in [1.165, 1.54) is 24.9 Å². The first-order valence-corrected chi connectivity index (χ1v) is 7.71. The van der Waals surface area contributed by atoms with Crippen molar-refractivity contribution in [3.63, 3.8) is 0 Å². The summed E-state index contributed by atoms with van der Waals surface area (Å²) in [7, 11) is 2.18. The van der Waals surface area contributed by atoms with Crippen LogP contribution in [-0.4, -0.2) is 60.7 Å². The predicted octanol–water partition coefficient (Wildman–Crippen LogP) is 1.62. The predicted molar refractivity (Wildman–Crippen MR) is 79.5 cm³/mol. The van der Waals surface area contributed by atoms with Crippen molar-refractivity contribution in [3.05, 3.63) is 30.1 Å². The first-order chi connectivity index (χ1) is 9.79. The molecule has 0 aromatic carbocycles. The summed E-state index contributed by atoms with van der Waals surface area (Å²) >= 11 is 0. The van der Waals surface area contributed by atoms with E-state index in [1.807, 2.05) is 12.4 Å². The van der Waals surface area contributed by atoms with E-state index in [1.54, 1.807) is 0 Å². The van der Waals surface area contributed by atoms with Crippen LogP contribution in [0, 0.1) is 5.92 Å². The van der Waals surface area contributed by atoms with E-state index in [0.717, 1.165) is 38.7 Å². The molecule has 1 saturated heterocycles. The van der Waals surface area contributed by atoms with Gasteiger partial charge in [0.05, 0.1) is 12.7 Å². The summed E-state index contributed by atoms with van der Waals surface area (Å²) in [5.74, 6) is 0.915. The number of hydrogen-bond donors (Lipinski definition) is 0. The summed E-state index contributed by atoms with van der Waals surface area (Å²) in [6, 6.07) is 4.24. The van der Waals surface area contributed by atoms with Gasteiger partial charge in [-0.3, -0.25) is 9.88 Å². The Labute approximate surface area is 121 Å². The first kappa shape index (κ1) is 14.0. The number of ether oxygens (including phenoxy) is 1. The maximum Gasteiger partial charge on any atom is 0.0829 e. The topological polar surface area (TPSA) is 28.6 Å². The standard InChI is InChI=1S/C16H25N3O/c1-18-8-9-20-16(12-18)13-19(10-14-2-3-14)11-15-4-6-17-7-5-15/h4-7,14,16H,2-3,8-13H2,1H3/t16-/m0/s1. The lowest BCUT2D eigenvalue weighted by molar-refractivity contribution is -0.0372. The van der Waals surface area contributed by atoms with Crippen LogP contribution in [0.1, 0.15) is 18.4 Å². The monoisotopic (exact) mass is 275 g/mol. The average molecular weight is 275 g/mol. The van der Waals surface area contributed by atoms with E-state index in [2.05, 4.69) is 34.0 Å². The lowest BCUT2D eigenvalue weighted by Crippen LogP contribution is -2.46. The number of aromatic nitrogens is 1. The number of nitrogens with zero attached hydrogens (tertiary/aromatic N) is 3. The van der Waals surface area contributed by atoms with Crippen molar-refractivity contribution in [1.82, 2.24) is 14.8 Å². The molecular formula is C16H25N3O. The summed E-state index contributed by atoms with van der Waals surface area (Å²) in [6.07, 6.45) is 6.93. The van der Waals surface area contributed by atoms with Crippen LogP contribution >= 0.6 is 0 Å². The molecular weight excluding hydrogens is 250 g/mol. The molecule has 0 bridgehead atoms.